The zero-order chi connectivity index (χ0) is 12.5. The zero-order valence-electron chi connectivity index (χ0n) is 10.2. The second-order valence-corrected chi connectivity index (χ2v) is 4.77. The van der Waals surface area contributed by atoms with Crippen molar-refractivity contribution in [2.45, 2.75) is 39.2 Å². The molecule has 0 aliphatic heterocycles. The highest BCUT2D eigenvalue weighted by atomic mass is 16.5. The molecule has 0 saturated carbocycles. The lowest BCUT2D eigenvalue weighted by atomic mass is 9.97. The zero-order valence-corrected chi connectivity index (χ0v) is 10.2. The second-order valence-electron chi connectivity index (χ2n) is 4.77. The highest BCUT2D eigenvalue weighted by molar-refractivity contribution is 5.76. The molecule has 1 aromatic rings. The third kappa shape index (κ3) is 2.50. The number of aliphatic carboxylic acids is 1. The van der Waals surface area contributed by atoms with Crippen LogP contribution in [0.1, 0.15) is 33.6 Å². The summed E-state index contributed by atoms with van der Waals surface area (Å²) in [5, 5.41) is 12.6. The molecule has 6 heteroatoms. The van der Waals surface area contributed by atoms with Gasteiger partial charge in [0.25, 0.3) is 5.95 Å². The lowest BCUT2D eigenvalue weighted by Crippen LogP contribution is -2.36. The number of hydrogen-bond acceptors (Lipinski definition) is 5. The molecule has 16 heavy (non-hydrogen) atoms. The van der Waals surface area contributed by atoms with E-state index in [1.54, 1.807) is 14.0 Å². The highest BCUT2D eigenvalue weighted by Crippen LogP contribution is 2.22. The Kier molecular flexibility index (Phi) is 3.21. The van der Waals surface area contributed by atoms with Crippen LogP contribution >= 0.6 is 0 Å². The first-order valence-electron chi connectivity index (χ1n) is 5.03. The van der Waals surface area contributed by atoms with Gasteiger partial charge in [0, 0.05) is 12.5 Å². The molecular weight excluding hydrogens is 210 g/mol. The van der Waals surface area contributed by atoms with Crippen LogP contribution in [0.3, 0.4) is 0 Å². The van der Waals surface area contributed by atoms with Crippen LogP contribution in [0.25, 0.3) is 0 Å². The van der Waals surface area contributed by atoms with Gasteiger partial charge in [0.15, 0.2) is 0 Å². The fourth-order valence-corrected chi connectivity index (χ4v) is 1.00. The number of nitrogens with zero attached hydrogens (tertiary/aromatic N) is 3. The average Bonchev–Trinajstić information content (AvgIpc) is 2.63. The molecule has 1 atom stereocenters. The van der Waals surface area contributed by atoms with E-state index in [-0.39, 0.29) is 5.41 Å². The molecule has 0 saturated heterocycles. The number of carbonyl (C=O) groups is 1. The predicted octanol–water partition coefficient (Wildman–Crippen LogP) is 1.28. The molecule has 0 aromatic carbocycles. The molecule has 1 rings (SSSR count). The summed E-state index contributed by atoms with van der Waals surface area (Å²) in [5.74, 6) is -0.142. The Labute approximate surface area is 94.3 Å². The third-order valence-electron chi connectivity index (χ3n) is 2.31. The van der Waals surface area contributed by atoms with Gasteiger partial charge in [0.05, 0.1) is 0 Å². The van der Waals surface area contributed by atoms with Gasteiger partial charge in [-0.15, -0.1) is 0 Å². The van der Waals surface area contributed by atoms with Crippen molar-refractivity contribution in [3.8, 4) is 0 Å². The van der Waals surface area contributed by atoms with Crippen molar-refractivity contribution in [3.63, 3.8) is 0 Å². The molecule has 0 aliphatic rings. The Bertz CT molecular complexity index is 381. The summed E-state index contributed by atoms with van der Waals surface area (Å²) in [7, 11) is 1.62. The molecule has 1 heterocycles. The molecule has 90 valence electrons. The van der Waals surface area contributed by atoms with Crippen molar-refractivity contribution in [3.05, 3.63) is 5.89 Å². The largest absolute Gasteiger partial charge is 0.480 e. The number of aromatic nitrogens is 2. The van der Waals surface area contributed by atoms with E-state index in [0.29, 0.717) is 11.8 Å². The minimum Gasteiger partial charge on any atom is -0.480 e. The average molecular weight is 227 g/mol. The van der Waals surface area contributed by atoms with Gasteiger partial charge in [-0.2, -0.15) is 4.98 Å². The molecule has 0 spiro atoms. The van der Waals surface area contributed by atoms with Gasteiger partial charge < -0.3 is 14.5 Å². The number of hydrogen-bond donors (Lipinski definition) is 1. The number of likely N-dealkylation sites (N-methyl/N-ethyl adjacent to an activating group) is 1. The standard InChI is InChI=1S/C10H17N3O3/c1-6(7(14)15)13(5)9-11-8(16-12-9)10(2,3)4/h6H,1-5H3,(H,14,15). The maximum absolute atomic E-state index is 10.8. The lowest BCUT2D eigenvalue weighted by Gasteiger charge is -2.18. The maximum Gasteiger partial charge on any atom is 0.326 e. The predicted molar refractivity (Wildman–Crippen MR) is 58.5 cm³/mol. The van der Waals surface area contributed by atoms with Gasteiger partial charge in [-0.1, -0.05) is 20.8 Å². The fourth-order valence-electron chi connectivity index (χ4n) is 1.00. The lowest BCUT2D eigenvalue weighted by molar-refractivity contribution is -0.138. The van der Waals surface area contributed by atoms with Gasteiger partial charge >= 0.3 is 5.97 Å². The summed E-state index contributed by atoms with van der Waals surface area (Å²) in [6.45, 7) is 7.41. The molecule has 0 radical (unpaired) electrons. The van der Waals surface area contributed by atoms with Crippen LogP contribution < -0.4 is 4.90 Å². The molecule has 1 unspecified atom stereocenters. The van der Waals surface area contributed by atoms with Gasteiger partial charge in [0.2, 0.25) is 5.89 Å². The maximum atomic E-state index is 10.8. The fraction of sp³-hybridized carbons (Fsp3) is 0.700. The Morgan fingerprint density at radius 2 is 2.06 bits per heavy atom. The van der Waals surface area contributed by atoms with E-state index in [4.69, 9.17) is 9.63 Å². The second kappa shape index (κ2) is 4.11. The molecule has 0 aliphatic carbocycles. The first-order chi connectivity index (χ1) is 7.23. The van der Waals surface area contributed by atoms with Crippen molar-refractivity contribution < 1.29 is 14.4 Å². The molecule has 1 aromatic heterocycles. The summed E-state index contributed by atoms with van der Waals surface area (Å²) in [4.78, 5) is 16.4. The summed E-state index contributed by atoms with van der Waals surface area (Å²) >= 11 is 0. The Morgan fingerprint density at radius 1 is 1.50 bits per heavy atom. The van der Waals surface area contributed by atoms with Crippen LogP contribution in [0, 0.1) is 0 Å². The molecule has 0 amide bonds. The topological polar surface area (TPSA) is 79.5 Å². The quantitative estimate of drug-likeness (QED) is 0.837. The molecule has 0 fully saturated rings. The first-order valence-corrected chi connectivity index (χ1v) is 5.03. The van der Waals surface area contributed by atoms with E-state index in [0.717, 1.165) is 0 Å². The molecule has 0 bridgehead atoms. The SMILES string of the molecule is CC(C(=O)O)N(C)c1noc(C(C)(C)C)n1. The summed E-state index contributed by atoms with van der Waals surface area (Å²) in [5.41, 5.74) is -0.238. The van der Waals surface area contributed by atoms with Gasteiger partial charge in [-0.25, -0.2) is 4.79 Å². The van der Waals surface area contributed by atoms with Gasteiger partial charge in [-0.3, -0.25) is 0 Å². The van der Waals surface area contributed by atoms with Crippen molar-refractivity contribution in [2.75, 3.05) is 11.9 Å². The van der Waals surface area contributed by atoms with Crippen LogP contribution in [0.5, 0.6) is 0 Å². The minimum absolute atomic E-state index is 0.238. The van der Waals surface area contributed by atoms with E-state index in [9.17, 15) is 4.79 Å². The van der Waals surface area contributed by atoms with Gasteiger partial charge in [0.1, 0.15) is 6.04 Å². The molecule has 6 nitrogen and oxygen atoms in total. The van der Waals surface area contributed by atoms with E-state index < -0.39 is 12.0 Å². The van der Waals surface area contributed by atoms with E-state index >= 15 is 0 Å². The number of carboxylic acids is 1. The van der Waals surface area contributed by atoms with Crippen LogP contribution in [0.2, 0.25) is 0 Å². The molecule has 1 N–H and O–H groups in total. The number of carboxylic acid groups (broad SMARTS) is 1. The smallest absolute Gasteiger partial charge is 0.326 e. The van der Waals surface area contributed by atoms with E-state index in [1.807, 2.05) is 20.8 Å². The van der Waals surface area contributed by atoms with Gasteiger partial charge in [-0.05, 0) is 12.1 Å². The Hall–Kier alpha value is -1.59. The minimum atomic E-state index is -0.926. The molecular formula is C10H17N3O3. The van der Waals surface area contributed by atoms with Crippen molar-refractivity contribution in [1.29, 1.82) is 0 Å². The highest BCUT2D eigenvalue weighted by Gasteiger charge is 2.26. The summed E-state index contributed by atoms with van der Waals surface area (Å²) in [6.07, 6.45) is 0. The van der Waals surface area contributed by atoms with Crippen LogP contribution in [-0.2, 0) is 10.2 Å². The Morgan fingerprint density at radius 3 is 2.44 bits per heavy atom. The van der Waals surface area contributed by atoms with Crippen molar-refractivity contribution >= 4 is 11.9 Å². The van der Waals surface area contributed by atoms with Crippen LogP contribution in [-0.4, -0.2) is 34.3 Å². The van der Waals surface area contributed by atoms with Crippen LogP contribution in [0.15, 0.2) is 4.52 Å². The first kappa shape index (κ1) is 12.5. The normalized spacial score (nSPS) is 13.6. The van der Waals surface area contributed by atoms with E-state index in [1.165, 1.54) is 4.90 Å². The summed E-state index contributed by atoms with van der Waals surface area (Å²) in [6, 6.07) is -0.689. The summed E-state index contributed by atoms with van der Waals surface area (Å²) < 4.78 is 5.08. The third-order valence-corrected chi connectivity index (χ3v) is 2.31. The monoisotopic (exact) mass is 227 g/mol. The number of anilines is 1. The van der Waals surface area contributed by atoms with Crippen LogP contribution in [0.4, 0.5) is 5.95 Å². The van der Waals surface area contributed by atoms with Crippen molar-refractivity contribution in [1.82, 2.24) is 10.1 Å². The van der Waals surface area contributed by atoms with E-state index in [2.05, 4.69) is 10.1 Å². The number of rotatable bonds is 3. The van der Waals surface area contributed by atoms with Crippen molar-refractivity contribution in [2.24, 2.45) is 0 Å². The Balaban J connectivity index is 2.90.